The van der Waals surface area contributed by atoms with E-state index in [1.54, 1.807) is 12.3 Å². The molecule has 0 bridgehead atoms. The molecule has 3 aromatic rings. The molecule has 3 aliphatic rings. The summed E-state index contributed by atoms with van der Waals surface area (Å²) in [6.45, 7) is 13.2. The van der Waals surface area contributed by atoms with Crippen LogP contribution in [0.25, 0.3) is 0 Å². The minimum absolute atomic E-state index is 0.134. The first-order chi connectivity index (χ1) is 19.0. The maximum Gasteiger partial charge on any atom is 0.165 e. The third kappa shape index (κ3) is 5.80. The molecular weight excluding hydrogens is 487 g/mol. The van der Waals surface area contributed by atoms with Crippen LogP contribution in [0.1, 0.15) is 61.8 Å². The van der Waals surface area contributed by atoms with Crippen molar-refractivity contribution >= 4 is 17.3 Å². The maximum atomic E-state index is 14.4. The average molecular weight is 529 g/mol. The van der Waals surface area contributed by atoms with Crippen molar-refractivity contribution in [3.05, 3.63) is 76.9 Å². The van der Waals surface area contributed by atoms with Crippen LogP contribution < -0.4 is 10.2 Å². The van der Waals surface area contributed by atoms with Gasteiger partial charge in [-0.3, -0.25) is 4.90 Å². The number of nitrogens with one attached hydrogen (secondary N) is 1. The predicted octanol–water partition coefficient (Wildman–Crippen LogP) is 5.89. The second-order valence-corrected chi connectivity index (χ2v) is 12.1. The normalized spacial score (nSPS) is 19.1. The molecule has 3 aliphatic heterocycles. The molecule has 1 saturated heterocycles. The summed E-state index contributed by atoms with van der Waals surface area (Å²) in [6.07, 6.45) is 9.60. The van der Waals surface area contributed by atoms with Crippen molar-refractivity contribution in [3.8, 4) is 0 Å². The van der Waals surface area contributed by atoms with Gasteiger partial charge in [-0.15, -0.1) is 0 Å². The van der Waals surface area contributed by atoms with Gasteiger partial charge in [0.05, 0.1) is 0 Å². The number of likely N-dealkylation sites (tertiary alicyclic amines) is 1. The van der Waals surface area contributed by atoms with Gasteiger partial charge in [-0.05, 0) is 105 Å². The van der Waals surface area contributed by atoms with Gasteiger partial charge >= 0.3 is 0 Å². The standard InChI is InChI=1S/C32H41FN6/c1-32(2)23-38(18-6-5-17-37-15-3-4-16-37)21-25-20-26(9-10-28(25)32)36-30-27-12-19-39(22-24(27)11-14-34-30)31-29(33)8-7-13-35-31/h7-11,13-14,20H,3-6,12,15-19,21-23H2,1-2H3,(H,34,36). The molecule has 5 heterocycles. The van der Waals surface area contributed by atoms with E-state index in [1.165, 1.54) is 73.6 Å². The highest BCUT2D eigenvalue weighted by molar-refractivity contribution is 5.64. The van der Waals surface area contributed by atoms with Crippen LogP contribution in [0.5, 0.6) is 0 Å². The molecule has 0 aliphatic carbocycles. The Balaban J connectivity index is 1.13. The van der Waals surface area contributed by atoms with Crippen LogP contribution in [0, 0.1) is 5.82 Å². The van der Waals surface area contributed by atoms with Crippen LogP contribution >= 0.6 is 0 Å². The van der Waals surface area contributed by atoms with Gasteiger partial charge in [-0.1, -0.05) is 19.9 Å². The molecule has 0 unspecified atom stereocenters. The predicted molar refractivity (Wildman–Crippen MR) is 156 cm³/mol. The maximum absolute atomic E-state index is 14.4. The number of nitrogens with zero attached hydrogens (tertiary/aromatic N) is 5. The molecule has 1 aromatic carbocycles. The van der Waals surface area contributed by atoms with Crippen molar-refractivity contribution in [2.24, 2.45) is 0 Å². The molecule has 0 amide bonds. The molecule has 0 saturated carbocycles. The van der Waals surface area contributed by atoms with Crippen molar-refractivity contribution in [3.63, 3.8) is 0 Å². The number of rotatable bonds is 8. The van der Waals surface area contributed by atoms with Crippen LogP contribution in [-0.2, 0) is 24.9 Å². The van der Waals surface area contributed by atoms with E-state index in [4.69, 9.17) is 4.98 Å². The zero-order chi connectivity index (χ0) is 26.8. The molecule has 2 aromatic heterocycles. The lowest BCUT2D eigenvalue weighted by Crippen LogP contribution is -2.42. The molecule has 39 heavy (non-hydrogen) atoms. The Morgan fingerprint density at radius 1 is 0.897 bits per heavy atom. The number of hydrogen-bond acceptors (Lipinski definition) is 6. The Morgan fingerprint density at radius 2 is 1.72 bits per heavy atom. The molecule has 1 N–H and O–H groups in total. The van der Waals surface area contributed by atoms with Crippen molar-refractivity contribution in [2.45, 2.75) is 64.5 Å². The SMILES string of the molecule is CC1(C)CN(CCCCN2CCCC2)Cc2cc(Nc3nccc4c3CCN(c3ncccc3F)C4)ccc21. The third-order valence-corrected chi connectivity index (χ3v) is 8.69. The van der Waals surface area contributed by atoms with Crippen LogP contribution in [-0.4, -0.2) is 59.0 Å². The number of halogens is 1. The van der Waals surface area contributed by atoms with Gasteiger partial charge in [-0.25, -0.2) is 14.4 Å². The number of aromatic nitrogens is 2. The summed E-state index contributed by atoms with van der Waals surface area (Å²) in [5.41, 5.74) is 6.47. The highest BCUT2D eigenvalue weighted by atomic mass is 19.1. The molecular formula is C32H41FN6. The monoisotopic (exact) mass is 528 g/mol. The minimum atomic E-state index is -0.272. The number of fused-ring (bicyclic) bond motifs is 2. The number of pyridine rings is 2. The second kappa shape index (κ2) is 11.2. The Hall–Kier alpha value is -3.03. The van der Waals surface area contributed by atoms with Crippen molar-refractivity contribution in [1.29, 1.82) is 0 Å². The molecule has 0 atom stereocenters. The lowest BCUT2D eigenvalue weighted by molar-refractivity contribution is 0.187. The second-order valence-electron chi connectivity index (χ2n) is 12.1. The van der Waals surface area contributed by atoms with Gasteiger partial charge in [-0.2, -0.15) is 0 Å². The Kier molecular flexibility index (Phi) is 7.54. The first kappa shape index (κ1) is 26.2. The fourth-order valence-electron chi connectivity index (χ4n) is 6.76. The van der Waals surface area contributed by atoms with Gasteiger partial charge < -0.3 is 15.1 Å². The smallest absolute Gasteiger partial charge is 0.165 e. The van der Waals surface area contributed by atoms with E-state index in [2.05, 4.69) is 52.1 Å². The zero-order valence-electron chi connectivity index (χ0n) is 23.4. The fourth-order valence-corrected chi connectivity index (χ4v) is 6.76. The molecule has 6 rings (SSSR count). The van der Waals surface area contributed by atoms with Gasteiger partial charge in [0.15, 0.2) is 11.6 Å². The van der Waals surface area contributed by atoms with Crippen molar-refractivity contribution < 1.29 is 4.39 Å². The summed E-state index contributed by atoms with van der Waals surface area (Å²) in [4.78, 5) is 16.3. The molecule has 0 spiro atoms. The Labute approximate surface area is 232 Å². The fraction of sp³-hybridized carbons (Fsp3) is 0.500. The summed E-state index contributed by atoms with van der Waals surface area (Å²) >= 11 is 0. The summed E-state index contributed by atoms with van der Waals surface area (Å²) < 4.78 is 14.4. The first-order valence-corrected chi connectivity index (χ1v) is 14.6. The first-order valence-electron chi connectivity index (χ1n) is 14.6. The number of unbranched alkanes of at least 4 members (excludes halogenated alkanes) is 1. The lowest BCUT2D eigenvalue weighted by Gasteiger charge is -2.40. The summed E-state index contributed by atoms with van der Waals surface area (Å²) in [5.74, 6) is 1.06. The topological polar surface area (TPSA) is 47.5 Å². The summed E-state index contributed by atoms with van der Waals surface area (Å²) in [6, 6.07) is 12.0. The quantitative estimate of drug-likeness (QED) is 0.368. The van der Waals surface area contributed by atoms with Crippen LogP contribution in [0.4, 0.5) is 21.7 Å². The van der Waals surface area contributed by atoms with Crippen molar-refractivity contribution in [2.75, 3.05) is 49.5 Å². The molecule has 206 valence electrons. The van der Waals surface area contributed by atoms with Gasteiger partial charge in [0, 0.05) is 55.2 Å². The van der Waals surface area contributed by atoms with Gasteiger partial charge in [0.1, 0.15) is 5.82 Å². The van der Waals surface area contributed by atoms with Crippen LogP contribution in [0.2, 0.25) is 0 Å². The molecule has 7 heteroatoms. The summed E-state index contributed by atoms with van der Waals surface area (Å²) in [7, 11) is 0. The van der Waals surface area contributed by atoms with E-state index in [-0.39, 0.29) is 11.2 Å². The van der Waals surface area contributed by atoms with E-state index in [0.717, 1.165) is 37.6 Å². The van der Waals surface area contributed by atoms with E-state index < -0.39 is 0 Å². The van der Waals surface area contributed by atoms with E-state index in [0.29, 0.717) is 18.9 Å². The van der Waals surface area contributed by atoms with Crippen molar-refractivity contribution in [1.82, 2.24) is 19.8 Å². The molecule has 1 fully saturated rings. The highest BCUT2D eigenvalue weighted by Gasteiger charge is 2.31. The highest BCUT2D eigenvalue weighted by Crippen LogP contribution is 2.36. The van der Waals surface area contributed by atoms with E-state index in [1.807, 2.05) is 17.2 Å². The largest absolute Gasteiger partial charge is 0.350 e. The van der Waals surface area contributed by atoms with Crippen LogP contribution in [0.3, 0.4) is 0 Å². The Bertz CT molecular complexity index is 1300. The number of anilines is 3. The third-order valence-electron chi connectivity index (χ3n) is 8.69. The van der Waals surface area contributed by atoms with E-state index in [9.17, 15) is 4.39 Å². The van der Waals surface area contributed by atoms with Gasteiger partial charge in [0.2, 0.25) is 0 Å². The van der Waals surface area contributed by atoms with Gasteiger partial charge in [0.25, 0.3) is 0 Å². The average Bonchev–Trinajstić information content (AvgIpc) is 3.44. The Morgan fingerprint density at radius 3 is 2.54 bits per heavy atom. The van der Waals surface area contributed by atoms with Crippen LogP contribution in [0.15, 0.2) is 48.8 Å². The zero-order valence-corrected chi connectivity index (χ0v) is 23.4. The summed E-state index contributed by atoms with van der Waals surface area (Å²) in [5, 5.41) is 3.63. The number of hydrogen-bond donors (Lipinski definition) is 1. The van der Waals surface area contributed by atoms with E-state index >= 15 is 0 Å². The molecule has 6 nitrogen and oxygen atoms in total. The molecule has 0 radical (unpaired) electrons. The minimum Gasteiger partial charge on any atom is -0.350 e. The number of benzene rings is 1. The lowest BCUT2D eigenvalue weighted by atomic mass is 9.78.